The highest BCUT2D eigenvalue weighted by atomic mass is 15.2. The number of hydrogen-bond donors (Lipinski definition) is 2. The van der Waals surface area contributed by atoms with Crippen LogP contribution >= 0.6 is 0 Å². The number of hydrogen-bond acceptors (Lipinski definition) is 3. The summed E-state index contributed by atoms with van der Waals surface area (Å²) in [6, 6.07) is 1.52. The van der Waals surface area contributed by atoms with Crippen molar-refractivity contribution in [1.82, 2.24) is 15.5 Å². The average molecular weight is 211 g/mol. The molecular weight excluding hydrogens is 186 g/mol. The molecule has 2 aliphatic heterocycles. The molecule has 2 fully saturated rings. The van der Waals surface area contributed by atoms with E-state index in [1.807, 2.05) is 0 Å². The topological polar surface area (TPSA) is 27.3 Å². The van der Waals surface area contributed by atoms with Gasteiger partial charge in [0.05, 0.1) is 0 Å². The predicted octanol–water partition coefficient (Wildman–Crippen LogP) is 0.812. The Morgan fingerprint density at radius 3 is 3.00 bits per heavy atom. The van der Waals surface area contributed by atoms with E-state index in [0.29, 0.717) is 0 Å². The zero-order valence-corrected chi connectivity index (χ0v) is 9.97. The summed E-state index contributed by atoms with van der Waals surface area (Å²) in [6.45, 7) is 8.38. The second-order valence-corrected chi connectivity index (χ2v) is 4.88. The smallest absolute Gasteiger partial charge is 0.0221 e. The number of likely N-dealkylation sites (N-methyl/N-ethyl adjacent to an activating group) is 1. The van der Waals surface area contributed by atoms with Crippen molar-refractivity contribution in [2.24, 2.45) is 0 Å². The van der Waals surface area contributed by atoms with Crippen LogP contribution in [0.5, 0.6) is 0 Å². The number of nitrogens with zero attached hydrogens (tertiary/aromatic N) is 1. The largest absolute Gasteiger partial charge is 0.315 e. The summed E-state index contributed by atoms with van der Waals surface area (Å²) < 4.78 is 0. The molecule has 2 N–H and O–H groups in total. The van der Waals surface area contributed by atoms with E-state index in [1.54, 1.807) is 0 Å². The van der Waals surface area contributed by atoms with Gasteiger partial charge in [-0.25, -0.2) is 0 Å². The van der Waals surface area contributed by atoms with Crippen molar-refractivity contribution in [1.29, 1.82) is 0 Å². The molecule has 3 heteroatoms. The first-order chi connectivity index (χ1) is 7.40. The lowest BCUT2D eigenvalue weighted by Gasteiger charge is -2.28. The minimum Gasteiger partial charge on any atom is -0.315 e. The molecular formula is C12H25N3. The van der Waals surface area contributed by atoms with E-state index < -0.39 is 0 Å². The third kappa shape index (κ3) is 3.16. The van der Waals surface area contributed by atoms with Crippen LogP contribution in [0.2, 0.25) is 0 Å². The molecule has 0 aromatic rings. The molecule has 0 aromatic heterocycles. The van der Waals surface area contributed by atoms with Gasteiger partial charge in [-0.05, 0) is 45.3 Å². The van der Waals surface area contributed by atoms with Gasteiger partial charge in [-0.1, -0.05) is 6.92 Å². The highest BCUT2D eigenvalue weighted by Crippen LogP contribution is 2.16. The Hall–Kier alpha value is -0.120. The van der Waals surface area contributed by atoms with Crippen molar-refractivity contribution >= 4 is 0 Å². The van der Waals surface area contributed by atoms with E-state index in [1.165, 1.54) is 58.4 Å². The van der Waals surface area contributed by atoms with Crippen LogP contribution in [0.25, 0.3) is 0 Å². The fourth-order valence-corrected chi connectivity index (χ4v) is 2.87. The second-order valence-electron chi connectivity index (χ2n) is 4.88. The Morgan fingerprint density at radius 1 is 1.33 bits per heavy atom. The quantitative estimate of drug-likeness (QED) is 0.721. The van der Waals surface area contributed by atoms with E-state index in [4.69, 9.17) is 0 Å². The number of nitrogens with one attached hydrogen (secondary N) is 2. The van der Waals surface area contributed by atoms with Crippen molar-refractivity contribution in [3.63, 3.8) is 0 Å². The van der Waals surface area contributed by atoms with Crippen LogP contribution in [0.4, 0.5) is 0 Å². The van der Waals surface area contributed by atoms with Crippen molar-refractivity contribution < 1.29 is 0 Å². The van der Waals surface area contributed by atoms with Crippen molar-refractivity contribution in [3.8, 4) is 0 Å². The monoisotopic (exact) mass is 211 g/mol. The zero-order chi connectivity index (χ0) is 10.5. The standard InChI is InChI=1S/C12H25N3/c1-2-15-8-4-6-12(15)10-14-11-5-3-7-13-9-11/h11-14H,2-10H2,1H3. The second kappa shape index (κ2) is 5.83. The predicted molar refractivity (Wildman–Crippen MR) is 64.2 cm³/mol. The first kappa shape index (κ1) is 11.4. The molecule has 2 rings (SSSR count). The molecule has 2 saturated heterocycles. The Kier molecular flexibility index (Phi) is 4.42. The van der Waals surface area contributed by atoms with Crippen molar-refractivity contribution in [2.45, 2.75) is 44.7 Å². The van der Waals surface area contributed by atoms with Gasteiger partial charge in [0.15, 0.2) is 0 Å². The highest BCUT2D eigenvalue weighted by molar-refractivity contribution is 4.83. The van der Waals surface area contributed by atoms with Gasteiger partial charge in [0.2, 0.25) is 0 Å². The molecule has 3 nitrogen and oxygen atoms in total. The van der Waals surface area contributed by atoms with Gasteiger partial charge >= 0.3 is 0 Å². The molecule has 0 saturated carbocycles. The molecule has 0 bridgehead atoms. The van der Waals surface area contributed by atoms with Crippen LogP contribution in [-0.4, -0.2) is 49.7 Å². The van der Waals surface area contributed by atoms with E-state index >= 15 is 0 Å². The Bertz CT molecular complexity index is 178. The van der Waals surface area contributed by atoms with Crippen molar-refractivity contribution in [3.05, 3.63) is 0 Å². The molecule has 2 aliphatic rings. The lowest BCUT2D eigenvalue weighted by Crippen LogP contribution is -2.47. The summed E-state index contributed by atoms with van der Waals surface area (Å²) in [7, 11) is 0. The molecule has 88 valence electrons. The minimum absolute atomic E-state index is 0.720. The zero-order valence-electron chi connectivity index (χ0n) is 9.97. The lowest BCUT2D eigenvalue weighted by atomic mass is 10.1. The van der Waals surface area contributed by atoms with Gasteiger partial charge in [0, 0.05) is 25.2 Å². The maximum absolute atomic E-state index is 3.72. The number of rotatable bonds is 4. The molecule has 0 spiro atoms. The summed E-state index contributed by atoms with van der Waals surface area (Å²) in [5, 5.41) is 7.18. The third-order valence-electron chi connectivity index (χ3n) is 3.84. The number of likely N-dealkylation sites (tertiary alicyclic amines) is 1. The van der Waals surface area contributed by atoms with Crippen LogP contribution in [0.1, 0.15) is 32.6 Å². The summed E-state index contributed by atoms with van der Waals surface area (Å²) in [5.74, 6) is 0. The van der Waals surface area contributed by atoms with E-state index in [2.05, 4.69) is 22.5 Å². The molecule has 2 atom stereocenters. The first-order valence-corrected chi connectivity index (χ1v) is 6.58. The Morgan fingerprint density at radius 2 is 2.27 bits per heavy atom. The van der Waals surface area contributed by atoms with E-state index in [9.17, 15) is 0 Å². The maximum atomic E-state index is 3.72. The molecule has 0 aliphatic carbocycles. The average Bonchev–Trinajstić information content (AvgIpc) is 2.75. The lowest BCUT2D eigenvalue weighted by molar-refractivity contribution is 0.247. The van der Waals surface area contributed by atoms with Crippen LogP contribution in [0, 0.1) is 0 Å². The maximum Gasteiger partial charge on any atom is 0.0221 e. The normalized spacial score (nSPS) is 33.4. The third-order valence-corrected chi connectivity index (χ3v) is 3.84. The summed E-state index contributed by atoms with van der Waals surface area (Å²) in [5.41, 5.74) is 0. The molecule has 0 aromatic carbocycles. The first-order valence-electron chi connectivity index (χ1n) is 6.58. The Labute approximate surface area is 93.6 Å². The highest BCUT2D eigenvalue weighted by Gasteiger charge is 2.23. The van der Waals surface area contributed by atoms with Crippen LogP contribution in [0.3, 0.4) is 0 Å². The summed E-state index contributed by atoms with van der Waals surface area (Å²) >= 11 is 0. The van der Waals surface area contributed by atoms with Gasteiger partial charge in [-0.15, -0.1) is 0 Å². The van der Waals surface area contributed by atoms with E-state index in [0.717, 1.165) is 12.1 Å². The van der Waals surface area contributed by atoms with Gasteiger partial charge in [-0.2, -0.15) is 0 Å². The van der Waals surface area contributed by atoms with Crippen LogP contribution < -0.4 is 10.6 Å². The van der Waals surface area contributed by atoms with Crippen molar-refractivity contribution in [2.75, 3.05) is 32.7 Å². The van der Waals surface area contributed by atoms with Gasteiger partial charge in [0.1, 0.15) is 0 Å². The molecule has 2 unspecified atom stereocenters. The fourth-order valence-electron chi connectivity index (χ4n) is 2.87. The Balaban J connectivity index is 1.67. The fraction of sp³-hybridized carbons (Fsp3) is 1.00. The van der Waals surface area contributed by atoms with Crippen LogP contribution in [0.15, 0.2) is 0 Å². The summed E-state index contributed by atoms with van der Waals surface area (Å²) in [4.78, 5) is 2.61. The van der Waals surface area contributed by atoms with E-state index in [-0.39, 0.29) is 0 Å². The van der Waals surface area contributed by atoms with Crippen LogP contribution in [-0.2, 0) is 0 Å². The summed E-state index contributed by atoms with van der Waals surface area (Å²) in [6.07, 6.45) is 5.47. The minimum atomic E-state index is 0.720. The molecule has 15 heavy (non-hydrogen) atoms. The SMILES string of the molecule is CCN1CCCC1CNC1CCCNC1. The molecule has 0 amide bonds. The molecule has 2 heterocycles. The van der Waals surface area contributed by atoms with Gasteiger partial charge < -0.3 is 10.6 Å². The van der Waals surface area contributed by atoms with Gasteiger partial charge in [-0.3, -0.25) is 4.90 Å². The van der Waals surface area contributed by atoms with Gasteiger partial charge in [0.25, 0.3) is 0 Å². The number of piperidine rings is 1. The molecule has 0 radical (unpaired) electrons.